The first-order chi connectivity index (χ1) is 19.1. The molecule has 1 saturated heterocycles. The van der Waals surface area contributed by atoms with Crippen LogP contribution in [0.5, 0.6) is 0 Å². The summed E-state index contributed by atoms with van der Waals surface area (Å²) in [7, 11) is 0. The fourth-order valence-electron chi connectivity index (χ4n) is 5.74. The summed E-state index contributed by atoms with van der Waals surface area (Å²) in [6, 6.07) is 15.4. The molecule has 1 heterocycles. The molecule has 0 bridgehead atoms. The van der Waals surface area contributed by atoms with Crippen LogP contribution in [-0.4, -0.2) is 63.5 Å². The molecular weight excluding hydrogens is 516 g/mol. The van der Waals surface area contributed by atoms with Gasteiger partial charge in [-0.3, -0.25) is 24.5 Å². The van der Waals surface area contributed by atoms with Crippen molar-refractivity contribution in [3.63, 3.8) is 0 Å². The van der Waals surface area contributed by atoms with E-state index in [1.165, 1.54) is 11.8 Å². The van der Waals surface area contributed by atoms with Gasteiger partial charge in [0.05, 0.1) is 31.6 Å². The first-order valence-electron chi connectivity index (χ1n) is 13.4. The number of nitrogens with zero attached hydrogens (tertiary/aromatic N) is 2. The van der Waals surface area contributed by atoms with E-state index < -0.39 is 58.9 Å². The highest BCUT2D eigenvalue weighted by Crippen LogP contribution is 2.51. The van der Waals surface area contributed by atoms with E-state index in [9.17, 15) is 24.5 Å². The van der Waals surface area contributed by atoms with E-state index in [-0.39, 0.29) is 25.5 Å². The van der Waals surface area contributed by atoms with Gasteiger partial charge in [0, 0.05) is 11.5 Å². The third-order valence-electron chi connectivity index (χ3n) is 7.88. The fourth-order valence-corrected chi connectivity index (χ4v) is 5.74. The highest BCUT2D eigenvalue weighted by molar-refractivity contribution is 5.93. The van der Waals surface area contributed by atoms with E-state index in [0.29, 0.717) is 12.0 Å². The van der Waals surface area contributed by atoms with Crippen LogP contribution in [-0.2, 0) is 25.7 Å². The van der Waals surface area contributed by atoms with E-state index >= 15 is 0 Å². The van der Waals surface area contributed by atoms with Gasteiger partial charge in [0.25, 0.3) is 0 Å². The third-order valence-corrected chi connectivity index (χ3v) is 7.88. The summed E-state index contributed by atoms with van der Waals surface area (Å²) in [5, 5.41) is 24.7. The van der Waals surface area contributed by atoms with Crippen molar-refractivity contribution >= 4 is 17.8 Å². The number of carbonyl (C=O) groups is 3. The molecule has 6 atom stereocenters. The summed E-state index contributed by atoms with van der Waals surface area (Å²) in [5.74, 6) is -3.76. The first-order valence-corrected chi connectivity index (χ1v) is 13.4. The average Bonchev–Trinajstić information content (AvgIpc) is 3.23. The highest BCUT2D eigenvalue weighted by atomic mass is 16.6. The van der Waals surface area contributed by atoms with Gasteiger partial charge in [0.2, 0.25) is 17.9 Å². The molecule has 2 aromatic rings. The zero-order valence-corrected chi connectivity index (χ0v) is 23.1. The maximum Gasteiger partial charge on any atom is 0.305 e. The smallest absolute Gasteiger partial charge is 0.305 e. The number of nitro groups is 1. The number of rotatable bonds is 13. The zero-order valence-electron chi connectivity index (χ0n) is 23.1. The molecule has 11 nitrogen and oxygen atoms in total. The number of carboxylic acid groups (broad SMARTS) is 1. The summed E-state index contributed by atoms with van der Waals surface area (Å²) < 4.78 is 6.43. The summed E-state index contributed by atoms with van der Waals surface area (Å²) in [4.78, 5) is 52.4. The molecule has 0 aromatic heterocycles. The molecule has 0 spiro atoms. The third kappa shape index (κ3) is 6.31. The number of hydrogen-bond acceptors (Lipinski definition) is 7. The number of carboxylic acids is 1. The van der Waals surface area contributed by atoms with Crippen molar-refractivity contribution < 1.29 is 29.2 Å². The van der Waals surface area contributed by atoms with E-state index in [1.807, 2.05) is 44.2 Å². The van der Waals surface area contributed by atoms with Crippen LogP contribution in [0.3, 0.4) is 0 Å². The van der Waals surface area contributed by atoms with Crippen LogP contribution in [0.25, 0.3) is 0 Å². The van der Waals surface area contributed by atoms with Crippen molar-refractivity contribution in [2.24, 2.45) is 17.6 Å². The van der Waals surface area contributed by atoms with Gasteiger partial charge in [0.1, 0.15) is 11.6 Å². The van der Waals surface area contributed by atoms with Gasteiger partial charge >= 0.3 is 5.97 Å². The molecule has 1 aliphatic heterocycles. The van der Waals surface area contributed by atoms with E-state index in [2.05, 4.69) is 5.32 Å². The van der Waals surface area contributed by atoms with Crippen molar-refractivity contribution in [2.75, 3.05) is 13.1 Å². The second-order valence-corrected chi connectivity index (χ2v) is 10.3. The number of hydrogen-bond donors (Lipinski definition) is 3. The Labute approximate surface area is 233 Å². The Hall–Kier alpha value is -3.83. The number of ether oxygens (including phenoxy) is 1. The number of aliphatic carboxylic acids is 1. The van der Waals surface area contributed by atoms with Crippen LogP contribution < -0.4 is 11.1 Å². The van der Waals surface area contributed by atoms with Gasteiger partial charge in [-0.2, -0.15) is 0 Å². The van der Waals surface area contributed by atoms with Crippen LogP contribution in [0.1, 0.15) is 50.8 Å². The molecule has 0 aliphatic carbocycles. The molecule has 40 heavy (non-hydrogen) atoms. The van der Waals surface area contributed by atoms with Gasteiger partial charge in [-0.05, 0) is 24.0 Å². The van der Waals surface area contributed by atoms with Gasteiger partial charge in [0.15, 0.2) is 0 Å². The van der Waals surface area contributed by atoms with Crippen LogP contribution in [0.4, 0.5) is 0 Å². The largest absolute Gasteiger partial charge is 0.481 e. The molecule has 4 N–H and O–H groups in total. The van der Waals surface area contributed by atoms with Crippen molar-refractivity contribution in [3.8, 4) is 0 Å². The normalized spacial score (nSPS) is 23.8. The molecule has 0 saturated carbocycles. The van der Waals surface area contributed by atoms with Crippen LogP contribution in [0, 0.1) is 22.0 Å². The standard InChI is InChI=1S/C29H38N4O7/c1-4-19(2)27(40-18-20-11-7-5-8-12-20)24-26(33(38)39)25(21-13-9-6-10-14-21)32(22(34)17-30)29(24,3)28(37)31-16-15-23(35)36/h5-14,19,24-27H,4,15-18,30H2,1-3H3,(H,31,37)(H,35,36)/t19-,24+,25-,26-,27?,29+/m0/s1. The maximum absolute atomic E-state index is 14.0. The summed E-state index contributed by atoms with van der Waals surface area (Å²) in [6.07, 6.45) is -0.562. The van der Waals surface area contributed by atoms with Crippen LogP contribution in [0.15, 0.2) is 60.7 Å². The van der Waals surface area contributed by atoms with Gasteiger partial charge in [-0.1, -0.05) is 80.9 Å². The Morgan fingerprint density at radius 3 is 2.27 bits per heavy atom. The summed E-state index contributed by atoms with van der Waals surface area (Å²) >= 11 is 0. The number of carbonyl (C=O) groups excluding carboxylic acids is 2. The topological polar surface area (TPSA) is 165 Å². The van der Waals surface area contributed by atoms with E-state index in [4.69, 9.17) is 15.6 Å². The van der Waals surface area contributed by atoms with E-state index in [0.717, 1.165) is 5.56 Å². The van der Waals surface area contributed by atoms with Gasteiger partial charge < -0.3 is 25.8 Å². The lowest BCUT2D eigenvalue weighted by Gasteiger charge is -2.42. The minimum Gasteiger partial charge on any atom is -0.481 e. The molecule has 0 radical (unpaired) electrons. The lowest BCUT2D eigenvalue weighted by atomic mass is 9.74. The van der Waals surface area contributed by atoms with Crippen LogP contribution in [0.2, 0.25) is 0 Å². The van der Waals surface area contributed by atoms with Crippen molar-refractivity contribution in [3.05, 3.63) is 81.9 Å². The Morgan fingerprint density at radius 1 is 1.15 bits per heavy atom. The molecular formula is C29H38N4O7. The minimum atomic E-state index is -1.78. The lowest BCUT2D eigenvalue weighted by molar-refractivity contribution is -0.536. The Morgan fingerprint density at radius 2 is 1.75 bits per heavy atom. The predicted molar refractivity (Wildman–Crippen MR) is 147 cm³/mol. The Balaban J connectivity index is 2.23. The maximum atomic E-state index is 14.0. The molecule has 1 fully saturated rings. The van der Waals surface area contributed by atoms with Crippen LogP contribution >= 0.6 is 0 Å². The van der Waals surface area contributed by atoms with Gasteiger partial charge in [-0.25, -0.2) is 0 Å². The molecule has 11 heteroatoms. The van der Waals surface area contributed by atoms with Crippen molar-refractivity contribution in [1.29, 1.82) is 0 Å². The number of nitrogens with one attached hydrogen (secondary N) is 1. The summed E-state index contributed by atoms with van der Waals surface area (Å²) in [5.41, 5.74) is 5.38. The molecule has 2 amide bonds. The molecule has 1 aliphatic rings. The van der Waals surface area contributed by atoms with E-state index in [1.54, 1.807) is 30.3 Å². The number of amides is 2. The first kappa shape index (κ1) is 30.7. The molecule has 3 rings (SSSR count). The predicted octanol–water partition coefficient (Wildman–Crippen LogP) is 2.77. The second-order valence-electron chi connectivity index (χ2n) is 10.3. The number of likely N-dealkylation sites (tertiary alicyclic amines) is 1. The molecule has 1 unspecified atom stereocenters. The van der Waals surface area contributed by atoms with Gasteiger partial charge in [-0.15, -0.1) is 0 Å². The zero-order chi connectivity index (χ0) is 29.4. The quantitative estimate of drug-likeness (QED) is 0.251. The highest BCUT2D eigenvalue weighted by Gasteiger charge is 2.69. The Bertz CT molecular complexity index is 1180. The molecule has 2 aromatic carbocycles. The monoisotopic (exact) mass is 554 g/mol. The fraction of sp³-hybridized carbons (Fsp3) is 0.483. The second kappa shape index (κ2) is 13.5. The average molecular weight is 555 g/mol. The van der Waals surface area contributed by atoms with Crippen molar-refractivity contribution in [1.82, 2.24) is 10.2 Å². The number of nitrogens with two attached hydrogens (primary N) is 1. The number of benzene rings is 2. The summed E-state index contributed by atoms with van der Waals surface area (Å²) in [6.45, 7) is 4.80. The Kier molecular flexibility index (Phi) is 10.4. The lowest BCUT2D eigenvalue weighted by Crippen LogP contribution is -2.63. The van der Waals surface area contributed by atoms with Crippen molar-refractivity contribution in [2.45, 2.75) is 63.9 Å². The SMILES string of the molecule is CC[C@H](C)C(OCc1ccccc1)[C@H]1[C@H]([N+](=O)[O-])[C@H](c2ccccc2)N(C(=O)CN)[C@@]1(C)C(=O)NCCC(=O)O. The molecule has 216 valence electrons. The minimum absolute atomic E-state index is 0.147.